The number of pyridine rings is 1. The van der Waals surface area contributed by atoms with E-state index >= 15 is 0 Å². The number of ether oxygens (including phenoxy) is 1. The molecule has 0 aliphatic rings. The van der Waals surface area contributed by atoms with Crippen LogP contribution in [0.2, 0.25) is 0 Å². The van der Waals surface area contributed by atoms with Gasteiger partial charge in [-0.3, -0.25) is 0 Å². The number of aromatic carboxylic acids is 1. The topological polar surface area (TPSA) is 103 Å². The number of rotatable bonds is 5. The van der Waals surface area contributed by atoms with E-state index in [-0.39, 0.29) is 16.1 Å². The van der Waals surface area contributed by atoms with Crippen LogP contribution in [-0.4, -0.2) is 40.1 Å². The predicted molar refractivity (Wildman–Crippen MR) is 129 cm³/mol. The maximum atomic E-state index is 13.9. The molecule has 5 rings (SSSR count). The highest BCUT2D eigenvalue weighted by molar-refractivity contribution is 7.90. The molecule has 1 N–H and O–H groups in total. The minimum absolute atomic E-state index is 0.111. The summed E-state index contributed by atoms with van der Waals surface area (Å²) in [6.07, 6.45) is 3.29. The molecular formula is C25H21N3O5S. The fourth-order valence-electron chi connectivity index (χ4n) is 4.21. The van der Waals surface area contributed by atoms with E-state index in [2.05, 4.69) is 4.98 Å². The second kappa shape index (κ2) is 7.74. The van der Waals surface area contributed by atoms with Crippen LogP contribution in [-0.2, 0) is 17.1 Å². The van der Waals surface area contributed by atoms with Crippen LogP contribution >= 0.6 is 0 Å². The van der Waals surface area contributed by atoms with Gasteiger partial charge in [0.05, 0.1) is 28.6 Å². The SMILES string of the molecule is COc1ccnc2c1cc(-c1cn(C)c3ccc(C(=O)O)cc13)n2S(=O)(=O)c1ccc(C)cc1. The first-order chi connectivity index (χ1) is 16.2. The molecule has 34 heavy (non-hydrogen) atoms. The van der Waals surface area contributed by atoms with Crippen LogP contribution in [0.4, 0.5) is 0 Å². The van der Waals surface area contributed by atoms with E-state index in [1.165, 1.54) is 23.3 Å². The molecule has 0 atom stereocenters. The van der Waals surface area contributed by atoms with Crippen LogP contribution < -0.4 is 4.74 Å². The van der Waals surface area contributed by atoms with E-state index in [4.69, 9.17) is 4.74 Å². The predicted octanol–water partition coefficient (Wildman–Crippen LogP) is 4.45. The number of nitrogens with zero attached hydrogens (tertiary/aromatic N) is 3. The molecule has 3 aromatic heterocycles. The Balaban J connectivity index is 1.90. The Labute approximate surface area is 195 Å². The van der Waals surface area contributed by atoms with Crippen molar-refractivity contribution in [2.75, 3.05) is 7.11 Å². The van der Waals surface area contributed by atoms with Crippen LogP contribution in [0.5, 0.6) is 5.75 Å². The molecule has 8 nitrogen and oxygen atoms in total. The third-order valence-corrected chi connectivity index (χ3v) is 7.63. The highest BCUT2D eigenvalue weighted by Crippen LogP contribution is 2.39. The Morgan fingerprint density at radius 3 is 2.44 bits per heavy atom. The van der Waals surface area contributed by atoms with E-state index in [0.717, 1.165) is 11.1 Å². The lowest BCUT2D eigenvalue weighted by Gasteiger charge is -2.12. The lowest BCUT2D eigenvalue weighted by Crippen LogP contribution is -2.14. The van der Waals surface area contributed by atoms with E-state index in [0.29, 0.717) is 27.8 Å². The van der Waals surface area contributed by atoms with E-state index < -0.39 is 16.0 Å². The fraction of sp³-hybridized carbons (Fsp3) is 0.120. The van der Waals surface area contributed by atoms with Crippen LogP contribution in [0.25, 0.3) is 33.2 Å². The quantitative estimate of drug-likeness (QED) is 0.403. The smallest absolute Gasteiger partial charge is 0.335 e. The standard InChI is InChI=1S/C25H21N3O5S/c1-15-4-7-17(8-5-15)34(31,32)28-22(13-19-23(33-3)10-11-26-24(19)28)20-14-27(2)21-9-6-16(25(29)30)12-18(20)21/h4-14H,1-3H3,(H,29,30). The van der Waals surface area contributed by atoms with Gasteiger partial charge in [0, 0.05) is 35.9 Å². The van der Waals surface area contributed by atoms with Gasteiger partial charge in [0.2, 0.25) is 0 Å². The zero-order chi connectivity index (χ0) is 24.2. The van der Waals surface area contributed by atoms with Gasteiger partial charge in [-0.1, -0.05) is 17.7 Å². The van der Waals surface area contributed by atoms with Crippen molar-refractivity contribution in [3.8, 4) is 17.0 Å². The summed E-state index contributed by atoms with van der Waals surface area (Å²) in [5.74, 6) is -0.580. The van der Waals surface area contributed by atoms with Crippen LogP contribution in [0, 0.1) is 6.92 Å². The normalized spacial score (nSPS) is 11.9. The second-order valence-corrected chi connectivity index (χ2v) is 9.84. The molecule has 2 aromatic carbocycles. The molecule has 0 saturated heterocycles. The number of carbonyl (C=O) groups is 1. The van der Waals surface area contributed by atoms with Gasteiger partial charge < -0.3 is 14.4 Å². The third-order valence-electron chi connectivity index (χ3n) is 5.91. The molecule has 0 saturated carbocycles. The molecule has 0 aliphatic carbocycles. The molecule has 172 valence electrons. The van der Waals surface area contributed by atoms with E-state index in [1.54, 1.807) is 54.7 Å². The molecule has 3 heterocycles. The summed E-state index contributed by atoms with van der Waals surface area (Å²) < 4.78 is 36.3. The fourth-order valence-corrected chi connectivity index (χ4v) is 5.68. The first-order valence-corrected chi connectivity index (χ1v) is 11.9. The van der Waals surface area contributed by atoms with Gasteiger partial charge in [-0.25, -0.2) is 22.2 Å². The molecule has 0 amide bonds. The maximum absolute atomic E-state index is 13.9. The Bertz CT molecular complexity index is 1700. The number of hydrogen-bond acceptors (Lipinski definition) is 5. The van der Waals surface area contributed by atoms with Crippen LogP contribution in [0.15, 0.2) is 71.9 Å². The summed E-state index contributed by atoms with van der Waals surface area (Å²) in [4.78, 5) is 16.1. The minimum Gasteiger partial charge on any atom is -0.496 e. The summed E-state index contributed by atoms with van der Waals surface area (Å²) >= 11 is 0. The zero-order valence-corrected chi connectivity index (χ0v) is 19.5. The van der Waals surface area contributed by atoms with E-state index in [1.807, 2.05) is 18.5 Å². The summed E-state index contributed by atoms with van der Waals surface area (Å²) in [6.45, 7) is 1.88. The number of fused-ring (bicyclic) bond motifs is 2. The van der Waals surface area contributed by atoms with Crippen LogP contribution in [0.1, 0.15) is 15.9 Å². The number of methoxy groups -OCH3 is 1. The van der Waals surface area contributed by atoms with Gasteiger partial charge in [0.1, 0.15) is 5.75 Å². The highest BCUT2D eigenvalue weighted by Gasteiger charge is 2.27. The Hall–Kier alpha value is -4.11. The van der Waals surface area contributed by atoms with Crippen molar-refractivity contribution in [3.63, 3.8) is 0 Å². The van der Waals surface area contributed by atoms with Crippen LogP contribution in [0.3, 0.4) is 0 Å². The summed E-state index contributed by atoms with van der Waals surface area (Å²) in [5, 5.41) is 10.7. The second-order valence-electron chi connectivity index (χ2n) is 8.05. The zero-order valence-electron chi connectivity index (χ0n) is 18.7. The van der Waals surface area contributed by atoms with Crippen molar-refractivity contribution in [3.05, 3.63) is 78.1 Å². The van der Waals surface area contributed by atoms with Crippen molar-refractivity contribution in [2.45, 2.75) is 11.8 Å². The summed E-state index contributed by atoms with van der Waals surface area (Å²) in [5.41, 5.74) is 2.97. The van der Waals surface area contributed by atoms with Gasteiger partial charge in [-0.2, -0.15) is 0 Å². The van der Waals surface area contributed by atoms with Crippen molar-refractivity contribution < 1.29 is 23.1 Å². The molecule has 0 unspecified atom stereocenters. The molecule has 5 aromatic rings. The lowest BCUT2D eigenvalue weighted by molar-refractivity contribution is 0.0697. The Morgan fingerprint density at radius 1 is 1.03 bits per heavy atom. The number of aromatic nitrogens is 3. The molecule has 0 bridgehead atoms. The molecular weight excluding hydrogens is 454 g/mol. The first kappa shape index (κ1) is 21.7. The van der Waals surface area contributed by atoms with Gasteiger partial charge in [0.25, 0.3) is 10.0 Å². The van der Waals surface area contributed by atoms with Gasteiger partial charge >= 0.3 is 5.97 Å². The number of benzene rings is 2. The van der Waals surface area contributed by atoms with Crippen molar-refractivity contribution in [2.24, 2.45) is 7.05 Å². The summed E-state index contributed by atoms with van der Waals surface area (Å²) in [6, 6.07) is 14.8. The number of hydrogen-bond donors (Lipinski definition) is 1. The molecule has 0 fully saturated rings. The average Bonchev–Trinajstić information content (AvgIpc) is 3.37. The highest BCUT2D eigenvalue weighted by atomic mass is 32.2. The number of carboxylic acid groups (broad SMARTS) is 1. The van der Waals surface area contributed by atoms with Gasteiger partial charge in [-0.15, -0.1) is 0 Å². The Kier molecular flexibility index (Phi) is 4.94. The molecule has 0 aliphatic heterocycles. The molecule has 0 radical (unpaired) electrons. The Morgan fingerprint density at radius 2 is 1.76 bits per heavy atom. The van der Waals surface area contributed by atoms with Crippen molar-refractivity contribution in [1.29, 1.82) is 0 Å². The first-order valence-electron chi connectivity index (χ1n) is 10.4. The average molecular weight is 476 g/mol. The largest absolute Gasteiger partial charge is 0.496 e. The van der Waals surface area contributed by atoms with Gasteiger partial charge in [-0.05, 0) is 49.4 Å². The molecule has 0 spiro atoms. The third kappa shape index (κ3) is 3.24. The molecule has 9 heteroatoms. The summed E-state index contributed by atoms with van der Waals surface area (Å²) in [7, 11) is -0.718. The van der Waals surface area contributed by atoms with E-state index in [9.17, 15) is 18.3 Å². The number of aryl methyl sites for hydroxylation is 2. The van der Waals surface area contributed by atoms with Gasteiger partial charge in [0.15, 0.2) is 5.65 Å². The minimum atomic E-state index is -4.06. The maximum Gasteiger partial charge on any atom is 0.335 e. The monoisotopic (exact) mass is 475 g/mol. The lowest BCUT2D eigenvalue weighted by atomic mass is 10.1. The number of carboxylic acids is 1. The van der Waals surface area contributed by atoms with Crippen molar-refractivity contribution >= 4 is 37.9 Å². The van der Waals surface area contributed by atoms with Crippen molar-refractivity contribution in [1.82, 2.24) is 13.5 Å².